The molecule has 0 spiro atoms. The summed E-state index contributed by atoms with van der Waals surface area (Å²) >= 11 is 6.16. The minimum absolute atomic E-state index is 0.113. The summed E-state index contributed by atoms with van der Waals surface area (Å²) in [5.74, 6) is -0.113. The third-order valence-corrected chi connectivity index (χ3v) is 3.97. The Kier molecular flexibility index (Phi) is 4.08. The Hall–Kier alpha value is -1.65. The average Bonchev–Trinajstić information content (AvgIpc) is 2.87. The van der Waals surface area contributed by atoms with Gasteiger partial charge in [-0.3, -0.25) is 9.48 Å². The van der Waals surface area contributed by atoms with E-state index >= 15 is 0 Å². The monoisotopic (exact) mass is 304 g/mol. The van der Waals surface area contributed by atoms with Gasteiger partial charge in [-0.15, -0.1) is 0 Å². The summed E-state index contributed by atoms with van der Waals surface area (Å²) in [6.45, 7) is 3.26. The van der Waals surface area contributed by atoms with Crippen molar-refractivity contribution in [1.29, 1.82) is 0 Å². The van der Waals surface area contributed by atoms with E-state index in [4.69, 9.17) is 16.3 Å². The fourth-order valence-corrected chi connectivity index (χ4v) is 2.96. The second kappa shape index (κ2) is 6.00. The highest BCUT2D eigenvalue weighted by atomic mass is 35.5. The number of rotatable bonds is 4. The molecule has 110 valence electrons. The van der Waals surface area contributed by atoms with Gasteiger partial charge in [0.05, 0.1) is 17.8 Å². The van der Waals surface area contributed by atoms with E-state index in [1.807, 2.05) is 31.2 Å². The lowest BCUT2D eigenvalue weighted by Crippen LogP contribution is -2.25. The van der Waals surface area contributed by atoms with E-state index in [-0.39, 0.29) is 5.78 Å². The number of nitrogens with zero attached hydrogens (tertiary/aromatic N) is 2. The number of Topliss-reactive ketones (excluding diaryl/α,β-unsaturated/α-hetero) is 1. The molecule has 2 heterocycles. The molecule has 0 aliphatic carbocycles. The van der Waals surface area contributed by atoms with Crippen molar-refractivity contribution >= 4 is 17.4 Å². The van der Waals surface area contributed by atoms with Crippen LogP contribution in [0, 0.1) is 0 Å². The zero-order chi connectivity index (χ0) is 14.8. The van der Waals surface area contributed by atoms with Crippen LogP contribution in [0.1, 0.15) is 41.1 Å². The number of benzene rings is 1. The first kappa shape index (κ1) is 14.3. The van der Waals surface area contributed by atoms with Gasteiger partial charge in [-0.05, 0) is 24.0 Å². The summed E-state index contributed by atoms with van der Waals surface area (Å²) in [6.07, 6.45) is 2.67. The molecule has 1 unspecified atom stereocenters. The van der Waals surface area contributed by atoms with Gasteiger partial charge in [0, 0.05) is 6.54 Å². The second-order valence-corrected chi connectivity index (χ2v) is 5.54. The Morgan fingerprint density at radius 3 is 3.10 bits per heavy atom. The molecule has 1 aromatic heterocycles. The smallest absolute Gasteiger partial charge is 0.215 e. The van der Waals surface area contributed by atoms with Crippen molar-refractivity contribution in [1.82, 2.24) is 9.78 Å². The Morgan fingerprint density at radius 1 is 1.48 bits per heavy atom. The first-order valence-corrected chi connectivity index (χ1v) is 7.55. The minimum Gasteiger partial charge on any atom is -0.365 e. The number of carbonyl (C=O) groups is 1. The molecule has 1 aliphatic heterocycles. The van der Waals surface area contributed by atoms with Crippen molar-refractivity contribution in [2.24, 2.45) is 0 Å². The van der Waals surface area contributed by atoms with Crippen molar-refractivity contribution in [2.75, 3.05) is 6.61 Å². The average molecular weight is 305 g/mol. The van der Waals surface area contributed by atoms with Crippen LogP contribution in [-0.2, 0) is 17.7 Å². The fraction of sp³-hybridized carbons (Fsp3) is 0.375. The molecular weight excluding hydrogens is 288 g/mol. The highest BCUT2D eigenvalue weighted by Crippen LogP contribution is 2.31. The Morgan fingerprint density at radius 2 is 2.29 bits per heavy atom. The highest BCUT2D eigenvalue weighted by molar-refractivity contribution is 6.33. The number of halogens is 1. The molecule has 2 aromatic rings. The van der Waals surface area contributed by atoms with Gasteiger partial charge >= 0.3 is 0 Å². The van der Waals surface area contributed by atoms with Gasteiger partial charge in [0.15, 0.2) is 0 Å². The van der Waals surface area contributed by atoms with Crippen LogP contribution in [0.3, 0.4) is 0 Å². The van der Waals surface area contributed by atoms with Crippen molar-refractivity contribution in [2.45, 2.75) is 32.4 Å². The number of hydrogen-bond donors (Lipinski definition) is 0. The fourth-order valence-electron chi connectivity index (χ4n) is 2.72. The number of aromatic nitrogens is 2. The molecule has 4 nitrogen and oxygen atoms in total. The van der Waals surface area contributed by atoms with Crippen molar-refractivity contribution in [3.05, 3.63) is 52.3 Å². The van der Waals surface area contributed by atoms with Gasteiger partial charge in [0.2, 0.25) is 5.78 Å². The van der Waals surface area contributed by atoms with E-state index in [0.717, 1.165) is 18.4 Å². The molecule has 3 rings (SSSR count). The second-order valence-electron chi connectivity index (χ2n) is 5.13. The quantitative estimate of drug-likeness (QED) is 0.813. The molecule has 0 fully saturated rings. The van der Waals surface area contributed by atoms with E-state index in [9.17, 15) is 4.79 Å². The standard InChI is InChI=1S/C16H17ClN2O2/c1-2-8-19-14(13(17)10-18-19)15(20)16-12-6-4-3-5-11(12)7-9-21-16/h3-6,10,16H,2,7-9H2,1H3. The summed E-state index contributed by atoms with van der Waals surface area (Å²) in [6, 6.07) is 7.91. The molecule has 0 bridgehead atoms. The maximum Gasteiger partial charge on any atom is 0.215 e. The maximum absolute atomic E-state index is 12.9. The molecule has 0 N–H and O–H groups in total. The predicted molar refractivity (Wildman–Crippen MR) is 80.7 cm³/mol. The summed E-state index contributed by atoms with van der Waals surface area (Å²) in [5, 5.41) is 4.57. The number of ketones is 1. The lowest BCUT2D eigenvalue weighted by molar-refractivity contribution is 0.0340. The molecule has 0 saturated heterocycles. The van der Waals surface area contributed by atoms with Crippen LogP contribution in [0.15, 0.2) is 30.5 Å². The van der Waals surface area contributed by atoms with Gasteiger partial charge < -0.3 is 4.74 Å². The molecule has 0 saturated carbocycles. The van der Waals surface area contributed by atoms with Crippen molar-refractivity contribution < 1.29 is 9.53 Å². The summed E-state index contributed by atoms with van der Waals surface area (Å²) < 4.78 is 7.40. The molecule has 1 aliphatic rings. The van der Waals surface area contributed by atoms with Gasteiger partial charge in [0.1, 0.15) is 11.8 Å². The third kappa shape index (κ3) is 2.61. The molecular formula is C16H17ClN2O2. The molecule has 5 heteroatoms. The van der Waals surface area contributed by atoms with Crippen LogP contribution >= 0.6 is 11.6 Å². The van der Waals surface area contributed by atoms with Gasteiger partial charge in [-0.2, -0.15) is 5.10 Å². The van der Waals surface area contributed by atoms with E-state index in [0.29, 0.717) is 23.9 Å². The molecule has 0 radical (unpaired) electrons. The van der Waals surface area contributed by atoms with Crippen LogP contribution in [-0.4, -0.2) is 22.2 Å². The molecule has 1 atom stereocenters. The lowest BCUT2D eigenvalue weighted by Gasteiger charge is -2.25. The Balaban J connectivity index is 1.99. The number of ether oxygens (including phenoxy) is 1. The van der Waals surface area contributed by atoms with E-state index in [1.165, 1.54) is 11.8 Å². The highest BCUT2D eigenvalue weighted by Gasteiger charge is 2.31. The van der Waals surface area contributed by atoms with Crippen LogP contribution < -0.4 is 0 Å². The Labute approximate surface area is 128 Å². The molecule has 0 amide bonds. The van der Waals surface area contributed by atoms with Crippen LogP contribution in [0.5, 0.6) is 0 Å². The number of hydrogen-bond acceptors (Lipinski definition) is 3. The molecule has 1 aromatic carbocycles. The Bertz CT molecular complexity index is 666. The van der Waals surface area contributed by atoms with Crippen LogP contribution in [0.4, 0.5) is 0 Å². The zero-order valence-electron chi connectivity index (χ0n) is 11.9. The summed E-state index contributed by atoms with van der Waals surface area (Å²) in [5.41, 5.74) is 2.55. The topological polar surface area (TPSA) is 44.1 Å². The lowest BCUT2D eigenvalue weighted by atomic mass is 9.94. The zero-order valence-corrected chi connectivity index (χ0v) is 12.6. The predicted octanol–water partition coefficient (Wildman–Crippen LogP) is 3.44. The summed E-state index contributed by atoms with van der Waals surface area (Å²) in [7, 11) is 0. The van der Waals surface area contributed by atoms with Gasteiger partial charge in [-0.1, -0.05) is 42.8 Å². The van der Waals surface area contributed by atoms with Crippen molar-refractivity contribution in [3.8, 4) is 0 Å². The van der Waals surface area contributed by atoms with Gasteiger partial charge in [-0.25, -0.2) is 0 Å². The van der Waals surface area contributed by atoms with Crippen LogP contribution in [0.25, 0.3) is 0 Å². The largest absolute Gasteiger partial charge is 0.365 e. The normalized spacial score (nSPS) is 17.5. The first-order chi connectivity index (χ1) is 10.2. The van der Waals surface area contributed by atoms with E-state index in [1.54, 1.807) is 4.68 Å². The number of carbonyl (C=O) groups excluding carboxylic acids is 1. The molecule has 21 heavy (non-hydrogen) atoms. The summed E-state index contributed by atoms with van der Waals surface area (Å²) in [4.78, 5) is 12.9. The van der Waals surface area contributed by atoms with Gasteiger partial charge in [0.25, 0.3) is 0 Å². The van der Waals surface area contributed by atoms with E-state index in [2.05, 4.69) is 5.10 Å². The van der Waals surface area contributed by atoms with Crippen molar-refractivity contribution in [3.63, 3.8) is 0 Å². The first-order valence-electron chi connectivity index (χ1n) is 7.17. The van der Waals surface area contributed by atoms with E-state index < -0.39 is 6.10 Å². The maximum atomic E-state index is 12.9. The number of aryl methyl sites for hydroxylation is 1. The minimum atomic E-state index is -0.584. The SMILES string of the molecule is CCCn1ncc(Cl)c1C(=O)C1OCCc2ccccc21. The number of fused-ring (bicyclic) bond motifs is 1. The van der Waals surface area contributed by atoms with Crippen LogP contribution in [0.2, 0.25) is 5.02 Å². The third-order valence-electron chi connectivity index (χ3n) is 3.70.